The summed E-state index contributed by atoms with van der Waals surface area (Å²) in [4.78, 5) is 21.3. The number of aromatic nitrogens is 4. The van der Waals surface area contributed by atoms with Crippen LogP contribution in [0.5, 0.6) is 0 Å². The molecule has 0 saturated heterocycles. The van der Waals surface area contributed by atoms with Crippen molar-refractivity contribution < 1.29 is 4.79 Å². The number of rotatable bonds is 3. The van der Waals surface area contributed by atoms with Gasteiger partial charge in [0.2, 0.25) is 0 Å². The molecule has 0 bridgehead atoms. The number of nitrogens with one attached hydrogen (secondary N) is 2. The van der Waals surface area contributed by atoms with E-state index in [0.717, 1.165) is 16.9 Å². The van der Waals surface area contributed by atoms with E-state index in [-0.39, 0.29) is 5.91 Å². The number of carbonyl (C=O) groups excluding carboxylic acids is 1. The molecule has 3 rings (SSSR count). The van der Waals surface area contributed by atoms with E-state index < -0.39 is 0 Å². The molecule has 0 radical (unpaired) electrons. The minimum absolute atomic E-state index is 0.0887. The Balaban J connectivity index is 1.79. The van der Waals surface area contributed by atoms with Crippen LogP contribution in [-0.4, -0.2) is 38.0 Å². The van der Waals surface area contributed by atoms with Gasteiger partial charge in [-0.2, -0.15) is 5.10 Å². The van der Waals surface area contributed by atoms with Gasteiger partial charge in [-0.1, -0.05) is 12.1 Å². The molecular formula is C13H13N5O. The maximum atomic E-state index is 12.0. The fraction of sp³-hybridized carbons (Fsp3) is 0.154. The maximum Gasteiger partial charge on any atom is 0.257 e. The standard InChI is InChI=1S/C13H13N5O/c1-18(13(19)9-6-14-15-7-9)8-12-16-10-4-2-3-5-11(10)17-12/h2-7H,8H2,1H3,(H,14,15)(H,16,17). The Kier molecular flexibility index (Phi) is 2.75. The van der Waals surface area contributed by atoms with Gasteiger partial charge in [-0.25, -0.2) is 4.98 Å². The minimum Gasteiger partial charge on any atom is -0.340 e. The first-order chi connectivity index (χ1) is 9.24. The summed E-state index contributed by atoms with van der Waals surface area (Å²) in [5, 5.41) is 6.40. The number of H-pyrrole nitrogens is 2. The summed E-state index contributed by atoms with van der Waals surface area (Å²) in [6, 6.07) is 7.79. The highest BCUT2D eigenvalue weighted by molar-refractivity contribution is 5.93. The number of hydrogen-bond acceptors (Lipinski definition) is 3. The van der Waals surface area contributed by atoms with Crippen LogP contribution in [0.1, 0.15) is 16.2 Å². The van der Waals surface area contributed by atoms with E-state index >= 15 is 0 Å². The molecule has 19 heavy (non-hydrogen) atoms. The van der Waals surface area contributed by atoms with Crippen molar-refractivity contribution in [2.24, 2.45) is 0 Å². The summed E-state index contributed by atoms with van der Waals surface area (Å²) in [7, 11) is 1.74. The number of benzene rings is 1. The molecule has 0 unspecified atom stereocenters. The Morgan fingerprint density at radius 3 is 2.95 bits per heavy atom. The van der Waals surface area contributed by atoms with Crippen molar-refractivity contribution in [2.45, 2.75) is 6.54 Å². The largest absolute Gasteiger partial charge is 0.340 e. The highest BCUT2D eigenvalue weighted by atomic mass is 16.2. The molecule has 0 aliphatic carbocycles. The summed E-state index contributed by atoms with van der Waals surface area (Å²) < 4.78 is 0. The topological polar surface area (TPSA) is 77.7 Å². The molecule has 0 spiro atoms. The van der Waals surface area contributed by atoms with Crippen LogP contribution in [0, 0.1) is 0 Å². The van der Waals surface area contributed by atoms with Crippen molar-refractivity contribution in [3.05, 3.63) is 48.0 Å². The quantitative estimate of drug-likeness (QED) is 0.745. The molecule has 3 aromatic rings. The number of amides is 1. The molecule has 0 saturated carbocycles. The molecule has 2 N–H and O–H groups in total. The molecule has 96 valence electrons. The van der Waals surface area contributed by atoms with E-state index in [1.165, 1.54) is 6.20 Å². The Morgan fingerprint density at radius 2 is 2.21 bits per heavy atom. The Labute approximate surface area is 109 Å². The number of aromatic amines is 2. The van der Waals surface area contributed by atoms with Crippen molar-refractivity contribution in [2.75, 3.05) is 7.05 Å². The molecule has 2 aromatic heterocycles. The first-order valence-corrected chi connectivity index (χ1v) is 5.92. The third kappa shape index (κ3) is 2.20. The molecule has 1 aromatic carbocycles. The third-order valence-corrected chi connectivity index (χ3v) is 2.92. The highest BCUT2D eigenvalue weighted by Crippen LogP contribution is 2.12. The first kappa shape index (κ1) is 11.5. The van der Waals surface area contributed by atoms with Crippen LogP contribution in [0.4, 0.5) is 0 Å². The van der Waals surface area contributed by atoms with Crippen LogP contribution < -0.4 is 0 Å². The average Bonchev–Trinajstić information content (AvgIpc) is 3.06. The zero-order chi connectivity index (χ0) is 13.2. The van der Waals surface area contributed by atoms with Gasteiger partial charge in [-0.3, -0.25) is 9.89 Å². The van der Waals surface area contributed by atoms with Crippen molar-refractivity contribution in [3.63, 3.8) is 0 Å². The zero-order valence-corrected chi connectivity index (χ0v) is 10.4. The van der Waals surface area contributed by atoms with E-state index in [9.17, 15) is 4.79 Å². The van der Waals surface area contributed by atoms with Gasteiger partial charge in [-0.15, -0.1) is 0 Å². The number of carbonyl (C=O) groups is 1. The molecule has 1 amide bonds. The predicted molar refractivity (Wildman–Crippen MR) is 70.5 cm³/mol. The van der Waals surface area contributed by atoms with Crippen LogP contribution in [0.2, 0.25) is 0 Å². The van der Waals surface area contributed by atoms with Crippen LogP contribution in [0.15, 0.2) is 36.7 Å². The van der Waals surface area contributed by atoms with Crippen molar-refractivity contribution in [1.82, 2.24) is 25.1 Å². The van der Waals surface area contributed by atoms with E-state index in [4.69, 9.17) is 0 Å². The average molecular weight is 255 g/mol. The van der Waals surface area contributed by atoms with Gasteiger partial charge in [0.15, 0.2) is 0 Å². The van der Waals surface area contributed by atoms with Gasteiger partial charge >= 0.3 is 0 Å². The molecular weight excluding hydrogens is 242 g/mol. The summed E-state index contributed by atoms with van der Waals surface area (Å²) in [6.45, 7) is 0.429. The van der Waals surface area contributed by atoms with Crippen LogP contribution in [0.3, 0.4) is 0 Å². The van der Waals surface area contributed by atoms with E-state index in [1.54, 1.807) is 18.1 Å². The SMILES string of the molecule is CN(Cc1nc2ccccc2[nH]1)C(=O)c1cn[nH]c1. The lowest BCUT2D eigenvalue weighted by Gasteiger charge is -2.14. The fourth-order valence-electron chi connectivity index (χ4n) is 1.97. The van der Waals surface area contributed by atoms with Gasteiger partial charge in [0.25, 0.3) is 5.91 Å². The summed E-state index contributed by atoms with van der Waals surface area (Å²) in [5.41, 5.74) is 2.42. The number of fused-ring (bicyclic) bond motifs is 1. The van der Waals surface area contributed by atoms with Gasteiger partial charge in [0.05, 0.1) is 29.3 Å². The van der Waals surface area contributed by atoms with Crippen LogP contribution in [0.25, 0.3) is 11.0 Å². The highest BCUT2D eigenvalue weighted by Gasteiger charge is 2.14. The van der Waals surface area contributed by atoms with E-state index in [1.807, 2.05) is 24.3 Å². The molecule has 0 atom stereocenters. The zero-order valence-electron chi connectivity index (χ0n) is 10.4. The van der Waals surface area contributed by atoms with Gasteiger partial charge in [0, 0.05) is 13.2 Å². The summed E-state index contributed by atoms with van der Waals surface area (Å²) in [5.74, 6) is 0.676. The second kappa shape index (κ2) is 4.56. The third-order valence-electron chi connectivity index (χ3n) is 2.92. The minimum atomic E-state index is -0.0887. The van der Waals surface area contributed by atoms with E-state index in [0.29, 0.717) is 12.1 Å². The van der Waals surface area contributed by atoms with Crippen molar-refractivity contribution >= 4 is 16.9 Å². The second-order valence-corrected chi connectivity index (χ2v) is 4.35. The smallest absolute Gasteiger partial charge is 0.257 e. The Bertz CT molecular complexity index is 668. The van der Waals surface area contributed by atoms with Gasteiger partial charge in [0.1, 0.15) is 5.82 Å². The lowest BCUT2D eigenvalue weighted by atomic mass is 10.3. The maximum absolute atomic E-state index is 12.0. The lowest BCUT2D eigenvalue weighted by molar-refractivity contribution is 0.0782. The van der Waals surface area contributed by atoms with Crippen molar-refractivity contribution in [3.8, 4) is 0 Å². The molecule has 0 fully saturated rings. The predicted octanol–water partition coefficient (Wildman–Crippen LogP) is 1.56. The first-order valence-electron chi connectivity index (χ1n) is 5.92. The monoisotopic (exact) mass is 255 g/mol. The Hall–Kier alpha value is -2.63. The van der Waals surface area contributed by atoms with E-state index in [2.05, 4.69) is 20.2 Å². The number of imidazole rings is 1. The van der Waals surface area contributed by atoms with Crippen LogP contribution in [-0.2, 0) is 6.54 Å². The summed E-state index contributed by atoms with van der Waals surface area (Å²) >= 11 is 0. The molecule has 0 aliphatic rings. The number of para-hydroxylation sites is 2. The molecule has 6 heteroatoms. The van der Waals surface area contributed by atoms with Crippen molar-refractivity contribution in [1.29, 1.82) is 0 Å². The van der Waals surface area contributed by atoms with Gasteiger partial charge in [-0.05, 0) is 12.1 Å². The fourth-order valence-corrected chi connectivity index (χ4v) is 1.97. The lowest BCUT2D eigenvalue weighted by Crippen LogP contribution is -2.26. The molecule has 2 heterocycles. The second-order valence-electron chi connectivity index (χ2n) is 4.35. The molecule has 6 nitrogen and oxygen atoms in total. The Morgan fingerprint density at radius 1 is 1.37 bits per heavy atom. The normalized spacial score (nSPS) is 10.8. The van der Waals surface area contributed by atoms with Gasteiger partial charge < -0.3 is 9.88 Å². The summed E-state index contributed by atoms with van der Waals surface area (Å²) in [6.07, 6.45) is 3.09. The van der Waals surface area contributed by atoms with Crippen LogP contribution >= 0.6 is 0 Å². The molecule has 0 aliphatic heterocycles. The number of nitrogens with zero attached hydrogens (tertiary/aromatic N) is 3. The number of hydrogen-bond donors (Lipinski definition) is 2.